The molecular formula is C22H22N2O4S2. The fraction of sp³-hybridized carbons (Fsp3) is 0.318. The number of hydrogen-bond acceptors (Lipinski definition) is 5. The SMILES string of the molecule is O=C(c1ccc2ccccc2c1)N1CCC2(CC1)OCCN2S(=O)(=O)c1cccs1. The molecule has 8 heteroatoms. The Hall–Kier alpha value is -2.26. The highest BCUT2D eigenvalue weighted by Gasteiger charge is 2.51. The zero-order chi connectivity index (χ0) is 20.8. The Morgan fingerprint density at radius 2 is 1.73 bits per heavy atom. The molecule has 0 atom stereocenters. The molecule has 1 spiro atoms. The van der Waals surface area contributed by atoms with Gasteiger partial charge in [0.15, 0.2) is 0 Å². The van der Waals surface area contributed by atoms with Crippen molar-refractivity contribution in [1.82, 2.24) is 9.21 Å². The quantitative estimate of drug-likeness (QED) is 0.622. The lowest BCUT2D eigenvalue weighted by molar-refractivity contribution is -0.0856. The zero-order valence-corrected chi connectivity index (χ0v) is 18.0. The van der Waals surface area contributed by atoms with Crippen molar-refractivity contribution >= 4 is 38.0 Å². The summed E-state index contributed by atoms with van der Waals surface area (Å²) in [5.41, 5.74) is -0.205. The van der Waals surface area contributed by atoms with Gasteiger partial charge in [-0.2, -0.15) is 4.31 Å². The number of amides is 1. The fourth-order valence-electron chi connectivity index (χ4n) is 4.41. The first-order chi connectivity index (χ1) is 14.5. The first-order valence-corrected chi connectivity index (χ1v) is 12.3. The predicted octanol–water partition coefficient (Wildman–Crippen LogP) is 3.55. The van der Waals surface area contributed by atoms with Gasteiger partial charge in [0.2, 0.25) is 0 Å². The summed E-state index contributed by atoms with van der Waals surface area (Å²) in [6, 6.07) is 17.1. The molecular weight excluding hydrogens is 420 g/mol. The molecule has 6 nitrogen and oxygen atoms in total. The maximum absolute atomic E-state index is 13.1. The Kier molecular flexibility index (Phi) is 4.89. The van der Waals surface area contributed by atoms with E-state index in [1.165, 1.54) is 15.6 Å². The molecule has 1 aromatic heterocycles. The van der Waals surface area contributed by atoms with Crippen molar-refractivity contribution in [3.63, 3.8) is 0 Å². The minimum atomic E-state index is -3.59. The van der Waals surface area contributed by atoms with Gasteiger partial charge in [-0.1, -0.05) is 36.4 Å². The molecule has 3 aromatic rings. The zero-order valence-electron chi connectivity index (χ0n) is 16.4. The highest BCUT2D eigenvalue weighted by atomic mass is 32.2. The van der Waals surface area contributed by atoms with Gasteiger partial charge in [-0.15, -0.1) is 11.3 Å². The molecule has 2 fully saturated rings. The van der Waals surface area contributed by atoms with Crippen LogP contribution < -0.4 is 0 Å². The van der Waals surface area contributed by atoms with Gasteiger partial charge in [-0.05, 0) is 34.4 Å². The Morgan fingerprint density at radius 3 is 2.47 bits per heavy atom. The Labute approximate surface area is 179 Å². The first-order valence-electron chi connectivity index (χ1n) is 9.98. The van der Waals surface area contributed by atoms with Crippen LogP contribution in [0.15, 0.2) is 64.2 Å². The smallest absolute Gasteiger partial charge is 0.255 e. The van der Waals surface area contributed by atoms with Crippen LogP contribution in [-0.4, -0.2) is 55.5 Å². The molecule has 1 amide bonds. The summed E-state index contributed by atoms with van der Waals surface area (Å²) in [4.78, 5) is 14.9. The van der Waals surface area contributed by atoms with E-state index >= 15 is 0 Å². The molecule has 0 saturated carbocycles. The number of sulfonamides is 1. The largest absolute Gasteiger partial charge is 0.358 e. The number of thiophene rings is 1. The average molecular weight is 443 g/mol. The Balaban J connectivity index is 1.34. The minimum absolute atomic E-state index is 0.0266. The molecule has 0 N–H and O–H groups in total. The predicted molar refractivity (Wildman–Crippen MR) is 116 cm³/mol. The van der Waals surface area contributed by atoms with E-state index in [1.54, 1.807) is 22.4 Å². The average Bonchev–Trinajstić information content (AvgIpc) is 3.45. The van der Waals surface area contributed by atoms with Gasteiger partial charge in [0.1, 0.15) is 9.93 Å². The monoisotopic (exact) mass is 442 g/mol. The number of piperidine rings is 1. The van der Waals surface area contributed by atoms with E-state index in [2.05, 4.69) is 0 Å². The maximum Gasteiger partial charge on any atom is 0.255 e. The second kappa shape index (κ2) is 7.46. The normalized spacial score (nSPS) is 19.5. The van der Waals surface area contributed by atoms with Gasteiger partial charge >= 0.3 is 0 Å². The molecule has 0 radical (unpaired) electrons. The third-order valence-corrected chi connectivity index (χ3v) is 9.31. The van der Waals surface area contributed by atoms with Crippen molar-refractivity contribution in [2.24, 2.45) is 0 Å². The topological polar surface area (TPSA) is 66.9 Å². The fourth-order valence-corrected chi connectivity index (χ4v) is 7.24. The summed E-state index contributed by atoms with van der Waals surface area (Å²) in [6.45, 7) is 1.65. The highest BCUT2D eigenvalue weighted by molar-refractivity contribution is 7.91. The molecule has 2 aromatic carbocycles. The van der Waals surface area contributed by atoms with E-state index in [9.17, 15) is 13.2 Å². The molecule has 2 aliphatic rings. The number of benzene rings is 2. The van der Waals surface area contributed by atoms with Crippen LogP contribution in [0.3, 0.4) is 0 Å². The van der Waals surface area contributed by atoms with Crippen LogP contribution in [0.5, 0.6) is 0 Å². The van der Waals surface area contributed by atoms with Crippen molar-refractivity contribution in [2.45, 2.75) is 22.8 Å². The van der Waals surface area contributed by atoms with Gasteiger partial charge in [0.25, 0.3) is 15.9 Å². The standard InChI is InChI=1S/C22H22N2O4S2/c25-21(19-8-7-17-4-1-2-5-18(17)16-19)23-11-9-22(10-12-23)24(13-14-28-22)30(26,27)20-6-3-15-29-20/h1-8,15-16H,9-14H2. The lowest BCUT2D eigenvalue weighted by Gasteiger charge is -2.42. The maximum atomic E-state index is 13.1. The van der Waals surface area contributed by atoms with Crippen molar-refractivity contribution in [3.05, 3.63) is 65.5 Å². The van der Waals surface area contributed by atoms with Crippen LogP contribution in [0, 0.1) is 0 Å². The van der Waals surface area contributed by atoms with E-state index in [1.807, 2.05) is 42.5 Å². The highest BCUT2D eigenvalue weighted by Crippen LogP contribution is 2.39. The number of carbonyl (C=O) groups excluding carboxylic acids is 1. The number of likely N-dealkylation sites (tertiary alicyclic amines) is 1. The van der Waals surface area contributed by atoms with E-state index in [4.69, 9.17) is 4.74 Å². The van der Waals surface area contributed by atoms with Gasteiger partial charge in [-0.25, -0.2) is 8.42 Å². The molecule has 0 unspecified atom stereocenters. The van der Waals surface area contributed by atoms with Gasteiger partial charge < -0.3 is 9.64 Å². The van der Waals surface area contributed by atoms with Crippen LogP contribution in [0.25, 0.3) is 10.8 Å². The number of carbonyl (C=O) groups is 1. The third kappa shape index (κ3) is 3.24. The van der Waals surface area contributed by atoms with E-state index in [0.29, 0.717) is 48.9 Å². The van der Waals surface area contributed by atoms with E-state index < -0.39 is 15.7 Å². The summed E-state index contributed by atoms with van der Waals surface area (Å²) in [5, 5.41) is 3.89. The number of fused-ring (bicyclic) bond motifs is 1. The summed E-state index contributed by atoms with van der Waals surface area (Å²) >= 11 is 1.22. The molecule has 0 aliphatic carbocycles. The lowest BCUT2D eigenvalue weighted by Crippen LogP contribution is -2.55. The number of nitrogens with zero attached hydrogens (tertiary/aromatic N) is 2. The summed E-state index contributed by atoms with van der Waals surface area (Å²) in [5.74, 6) is -0.0266. The molecule has 2 saturated heterocycles. The van der Waals surface area contributed by atoms with Crippen molar-refractivity contribution in [3.8, 4) is 0 Å². The van der Waals surface area contributed by atoms with Crippen LogP contribution in [0.2, 0.25) is 0 Å². The molecule has 3 heterocycles. The molecule has 2 aliphatic heterocycles. The Morgan fingerprint density at radius 1 is 0.967 bits per heavy atom. The molecule has 5 rings (SSSR count). The second-order valence-corrected chi connectivity index (χ2v) is 10.7. The summed E-state index contributed by atoms with van der Waals surface area (Å²) < 4.78 is 34.0. The summed E-state index contributed by atoms with van der Waals surface area (Å²) in [6.07, 6.45) is 0.938. The number of rotatable bonds is 3. The Bertz CT molecular complexity index is 1180. The van der Waals surface area contributed by atoms with Gasteiger partial charge in [-0.3, -0.25) is 4.79 Å². The van der Waals surface area contributed by atoms with Gasteiger partial charge in [0, 0.05) is 38.0 Å². The van der Waals surface area contributed by atoms with Crippen LogP contribution in [0.4, 0.5) is 0 Å². The van der Waals surface area contributed by atoms with E-state index in [-0.39, 0.29) is 5.91 Å². The second-order valence-electron chi connectivity index (χ2n) is 7.66. The number of ether oxygens (including phenoxy) is 1. The van der Waals surface area contributed by atoms with Crippen molar-refractivity contribution in [1.29, 1.82) is 0 Å². The third-order valence-electron chi connectivity index (χ3n) is 5.99. The molecule has 0 bridgehead atoms. The lowest BCUT2D eigenvalue weighted by atomic mass is 9.99. The van der Waals surface area contributed by atoms with Crippen LogP contribution in [-0.2, 0) is 14.8 Å². The first kappa shape index (κ1) is 19.7. The van der Waals surface area contributed by atoms with Gasteiger partial charge in [0.05, 0.1) is 6.61 Å². The van der Waals surface area contributed by atoms with Crippen LogP contribution >= 0.6 is 11.3 Å². The summed E-state index contributed by atoms with van der Waals surface area (Å²) in [7, 11) is -3.59. The number of hydrogen-bond donors (Lipinski definition) is 0. The molecule has 156 valence electrons. The minimum Gasteiger partial charge on any atom is -0.358 e. The molecule has 30 heavy (non-hydrogen) atoms. The van der Waals surface area contributed by atoms with Crippen molar-refractivity contribution < 1.29 is 17.9 Å². The van der Waals surface area contributed by atoms with Crippen LogP contribution in [0.1, 0.15) is 23.2 Å². The van der Waals surface area contributed by atoms with E-state index in [0.717, 1.165) is 10.8 Å². The van der Waals surface area contributed by atoms with Crippen molar-refractivity contribution in [2.75, 3.05) is 26.2 Å².